The molecule has 1 aromatic carbocycles. The van der Waals surface area contributed by atoms with Crippen LogP contribution < -0.4 is 0 Å². The molecule has 112 valence electrons. The topological polar surface area (TPSA) is 104 Å². The van der Waals surface area contributed by atoms with Gasteiger partial charge in [0.1, 0.15) is 6.04 Å². The Hall–Kier alpha value is -1.98. The van der Waals surface area contributed by atoms with Crippen molar-refractivity contribution in [3.8, 4) is 6.07 Å². The number of hydrogen-bond acceptors (Lipinski definition) is 5. The van der Waals surface area contributed by atoms with Crippen LogP contribution in [0.2, 0.25) is 0 Å². The monoisotopic (exact) mass is 309 g/mol. The molecular formula is C13H15N3O4S. The molecule has 2 rings (SSSR count). The molecule has 1 aromatic rings. The Labute approximate surface area is 123 Å². The highest BCUT2D eigenvalue weighted by Crippen LogP contribution is 2.23. The van der Waals surface area contributed by atoms with Gasteiger partial charge in [-0.1, -0.05) is 12.1 Å². The van der Waals surface area contributed by atoms with Crippen molar-refractivity contribution in [1.29, 1.82) is 5.26 Å². The summed E-state index contributed by atoms with van der Waals surface area (Å²) in [7, 11) is -3.59. The van der Waals surface area contributed by atoms with E-state index < -0.39 is 21.0 Å². The van der Waals surface area contributed by atoms with Crippen LogP contribution in [0.25, 0.3) is 0 Å². The molecule has 1 aliphatic heterocycles. The number of piperidine rings is 1. The van der Waals surface area contributed by atoms with Crippen molar-refractivity contribution >= 4 is 15.7 Å². The van der Waals surface area contributed by atoms with E-state index in [4.69, 9.17) is 5.26 Å². The Morgan fingerprint density at radius 3 is 2.57 bits per heavy atom. The van der Waals surface area contributed by atoms with Gasteiger partial charge in [-0.25, -0.2) is 8.42 Å². The molecule has 1 aliphatic rings. The number of benzene rings is 1. The molecule has 1 heterocycles. The third-order valence-electron chi connectivity index (χ3n) is 3.46. The summed E-state index contributed by atoms with van der Waals surface area (Å²) in [6.07, 6.45) is 2.15. The third kappa shape index (κ3) is 3.56. The fourth-order valence-corrected chi connectivity index (χ4v) is 4.10. The van der Waals surface area contributed by atoms with Gasteiger partial charge in [-0.3, -0.25) is 10.1 Å². The van der Waals surface area contributed by atoms with Crippen LogP contribution in [0, 0.1) is 21.4 Å². The first-order valence-corrected chi connectivity index (χ1v) is 8.17. The van der Waals surface area contributed by atoms with Crippen molar-refractivity contribution in [1.82, 2.24) is 4.31 Å². The smallest absolute Gasteiger partial charge is 0.258 e. The number of nitro benzene ring substituents is 1. The van der Waals surface area contributed by atoms with Gasteiger partial charge in [0.2, 0.25) is 10.0 Å². The maximum atomic E-state index is 12.4. The minimum absolute atomic E-state index is 0.0796. The van der Waals surface area contributed by atoms with Gasteiger partial charge in [0.15, 0.2) is 0 Å². The summed E-state index contributed by atoms with van der Waals surface area (Å²) < 4.78 is 26.0. The number of rotatable bonds is 4. The van der Waals surface area contributed by atoms with Gasteiger partial charge in [0.25, 0.3) is 5.69 Å². The van der Waals surface area contributed by atoms with Crippen LogP contribution in [-0.4, -0.2) is 30.2 Å². The lowest BCUT2D eigenvalue weighted by atomic mass is 10.1. The molecule has 0 radical (unpaired) electrons. The highest BCUT2D eigenvalue weighted by atomic mass is 32.2. The van der Waals surface area contributed by atoms with Crippen LogP contribution >= 0.6 is 0 Å². The Balaban J connectivity index is 2.17. The van der Waals surface area contributed by atoms with Crippen LogP contribution in [0.15, 0.2) is 24.3 Å². The number of sulfonamides is 1. The first kappa shape index (κ1) is 15.4. The van der Waals surface area contributed by atoms with E-state index in [2.05, 4.69) is 0 Å². The van der Waals surface area contributed by atoms with E-state index in [1.165, 1.54) is 28.6 Å². The predicted molar refractivity (Wildman–Crippen MR) is 75.7 cm³/mol. The standard InChI is InChI=1S/C13H15N3O4S/c14-9-13-3-1-2-8-15(13)21(19,20)10-11-4-6-12(7-5-11)16(17)18/h4-7,13H,1-3,8,10H2. The number of nitriles is 1. The molecule has 0 N–H and O–H groups in total. The molecule has 0 spiro atoms. The van der Waals surface area contributed by atoms with Crippen LogP contribution in [0.3, 0.4) is 0 Å². The molecule has 1 atom stereocenters. The first-order chi connectivity index (χ1) is 9.94. The molecule has 0 aliphatic carbocycles. The second-order valence-electron chi connectivity index (χ2n) is 4.93. The van der Waals surface area contributed by atoms with Crippen molar-refractivity contribution in [3.63, 3.8) is 0 Å². The number of nitrogens with zero attached hydrogens (tertiary/aromatic N) is 3. The second-order valence-corrected chi connectivity index (χ2v) is 6.85. The minimum atomic E-state index is -3.59. The van der Waals surface area contributed by atoms with Crippen LogP contribution in [0.1, 0.15) is 24.8 Å². The summed E-state index contributed by atoms with van der Waals surface area (Å²) in [6, 6.07) is 6.84. The average Bonchev–Trinajstić information content (AvgIpc) is 2.47. The summed E-state index contributed by atoms with van der Waals surface area (Å²) in [5, 5.41) is 19.6. The molecule has 1 fully saturated rings. The fourth-order valence-electron chi connectivity index (χ4n) is 2.37. The van der Waals surface area contributed by atoms with Gasteiger partial charge < -0.3 is 0 Å². The van der Waals surface area contributed by atoms with E-state index in [1.54, 1.807) is 0 Å². The first-order valence-electron chi connectivity index (χ1n) is 6.56. The lowest BCUT2D eigenvalue weighted by molar-refractivity contribution is -0.384. The summed E-state index contributed by atoms with van der Waals surface area (Å²) in [5.41, 5.74) is 0.395. The molecule has 21 heavy (non-hydrogen) atoms. The van der Waals surface area contributed by atoms with Crippen molar-refractivity contribution in [3.05, 3.63) is 39.9 Å². The zero-order chi connectivity index (χ0) is 15.5. The Morgan fingerprint density at radius 2 is 2.00 bits per heavy atom. The molecular weight excluding hydrogens is 294 g/mol. The average molecular weight is 309 g/mol. The SMILES string of the molecule is N#CC1CCCCN1S(=O)(=O)Cc1ccc([N+](=O)[O-])cc1. The van der Waals surface area contributed by atoms with Gasteiger partial charge in [-0.2, -0.15) is 9.57 Å². The van der Waals surface area contributed by atoms with Crippen LogP contribution in [0.4, 0.5) is 5.69 Å². The molecule has 1 unspecified atom stereocenters. The van der Waals surface area contributed by atoms with Crippen molar-refractivity contribution < 1.29 is 13.3 Å². The lowest BCUT2D eigenvalue weighted by Gasteiger charge is -2.30. The Kier molecular flexibility index (Phi) is 4.55. The van der Waals surface area contributed by atoms with E-state index in [9.17, 15) is 18.5 Å². The Bertz CT molecular complexity index is 664. The van der Waals surface area contributed by atoms with E-state index in [-0.39, 0.29) is 11.4 Å². The zero-order valence-electron chi connectivity index (χ0n) is 11.3. The molecule has 0 aromatic heterocycles. The summed E-state index contributed by atoms with van der Waals surface area (Å²) >= 11 is 0. The molecule has 1 saturated heterocycles. The van der Waals surface area contributed by atoms with Gasteiger partial charge in [-0.05, 0) is 24.8 Å². The molecule has 7 nitrogen and oxygen atoms in total. The second kappa shape index (κ2) is 6.20. The van der Waals surface area contributed by atoms with Crippen molar-refractivity contribution in [2.75, 3.05) is 6.54 Å². The molecule has 8 heteroatoms. The molecule has 0 saturated carbocycles. The van der Waals surface area contributed by atoms with Gasteiger partial charge in [0.05, 0.1) is 16.7 Å². The van der Waals surface area contributed by atoms with E-state index in [1.807, 2.05) is 6.07 Å². The number of nitro groups is 1. The van der Waals surface area contributed by atoms with Crippen LogP contribution in [0.5, 0.6) is 0 Å². The number of hydrogen-bond donors (Lipinski definition) is 0. The maximum Gasteiger partial charge on any atom is 0.269 e. The minimum Gasteiger partial charge on any atom is -0.258 e. The van der Waals surface area contributed by atoms with Crippen LogP contribution in [-0.2, 0) is 15.8 Å². The molecule has 0 bridgehead atoms. The summed E-state index contributed by atoms with van der Waals surface area (Å²) in [5.74, 6) is -0.247. The lowest BCUT2D eigenvalue weighted by Crippen LogP contribution is -2.43. The number of non-ortho nitro benzene ring substituents is 1. The van der Waals surface area contributed by atoms with E-state index in [0.717, 1.165) is 12.8 Å². The largest absolute Gasteiger partial charge is 0.269 e. The van der Waals surface area contributed by atoms with Gasteiger partial charge in [-0.15, -0.1) is 0 Å². The van der Waals surface area contributed by atoms with E-state index in [0.29, 0.717) is 18.5 Å². The third-order valence-corrected chi connectivity index (χ3v) is 5.31. The highest BCUT2D eigenvalue weighted by molar-refractivity contribution is 7.88. The summed E-state index contributed by atoms with van der Waals surface area (Å²) in [4.78, 5) is 10.0. The van der Waals surface area contributed by atoms with Crippen molar-refractivity contribution in [2.45, 2.75) is 31.1 Å². The maximum absolute atomic E-state index is 12.4. The quantitative estimate of drug-likeness (QED) is 0.623. The van der Waals surface area contributed by atoms with Gasteiger partial charge >= 0.3 is 0 Å². The zero-order valence-corrected chi connectivity index (χ0v) is 12.1. The van der Waals surface area contributed by atoms with Crippen molar-refractivity contribution in [2.24, 2.45) is 0 Å². The Morgan fingerprint density at radius 1 is 1.33 bits per heavy atom. The predicted octanol–water partition coefficient (Wildman–Crippen LogP) is 1.80. The normalized spacial score (nSPS) is 19.9. The molecule has 0 amide bonds. The summed E-state index contributed by atoms with van der Waals surface area (Å²) in [6.45, 7) is 0.355. The van der Waals surface area contributed by atoms with Gasteiger partial charge in [0, 0.05) is 18.7 Å². The highest BCUT2D eigenvalue weighted by Gasteiger charge is 2.32. The fraction of sp³-hybridized carbons (Fsp3) is 0.462. The van der Waals surface area contributed by atoms with E-state index >= 15 is 0 Å².